The van der Waals surface area contributed by atoms with Crippen LogP contribution in [-0.2, 0) is 17.8 Å². The van der Waals surface area contributed by atoms with E-state index in [-0.39, 0.29) is 18.8 Å². The molecule has 6 nitrogen and oxygen atoms in total. The molecule has 164 valence electrons. The fourth-order valence-electron chi connectivity index (χ4n) is 3.27. The summed E-state index contributed by atoms with van der Waals surface area (Å²) in [6, 6.07) is 10.1. The van der Waals surface area contributed by atoms with Crippen LogP contribution in [0.1, 0.15) is 23.6 Å². The molecule has 0 atom stereocenters. The molecule has 1 aliphatic rings. The Labute approximate surface area is 192 Å². The van der Waals surface area contributed by atoms with Crippen molar-refractivity contribution in [2.75, 3.05) is 13.2 Å². The lowest BCUT2D eigenvalue weighted by Gasteiger charge is -2.15. The maximum absolute atomic E-state index is 12.9. The molecule has 2 aromatic carbocycles. The Morgan fingerprint density at radius 2 is 1.97 bits per heavy atom. The third-order valence-corrected chi connectivity index (χ3v) is 4.90. The zero-order valence-corrected chi connectivity index (χ0v) is 18.4. The molecule has 0 spiro atoms. The summed E-state index contributed by atoms with van der Waals surface area (Å²) in [4.78, 5) is 26.4. The molecule has 1 aliphatic heterocycles. The number of imide groups is 1. The monoisotopic (exact) mass is 450 g/mol. The van der Waals surface area contributed by atoms with Crippen molar-refractivity contribution in [3.05, 3.63) is 76.5 Å². The van der Waals surface area contributed by atoms with Gasteiger partial charge < -0.3 is 14.8 Å². The average molecular weight is 451 g/mol. The maximum Gasteiger partial charge on any atom is 0.329 e. The van der Waals surface area contributed by atoms with Gasteiger partial charge >= 0.3 is 6.03 Å². The van der Waals surface area contributed by atoms with Gasteiger partial charge in [-0.3, -0.25) is 9.69 Å². The van der Waals surface area contributed by atoms with Crippen LogP contribution in [0.4, 0.5) is 4.79 Å². The molecule has 0 radical (unpaired) electrons. The smallest absolute Gasteiger partial charge is 0.329 e. The van der Waals surface area contributed by atoms with Crippen molar-refractivity contribution in [3.63, 3.8) is 0 Å². The second kappa shape index (κ2) is 10.6. The molecule has 1 heterocycles. The molecule has 0 aliphatic carbocycles. The van der Waals surface area contributed by atoms with Crippen LogP contribution in [0.3, 0.4) is 0 Å². The highest BCUT2D eigenvalue weighted by Crippen LogP contribution is 2.35. The summed E-state index contributed by atoms with van der Waals surface area (Å²) in [5.41, 5.74) is 2.45. The first-order valence-corrected chi connectivity index (χ1v) is 10.4. The molecule has 0 unspecified atom stereocenters. The Kier molecular flexibility index (Phi) is 7.58. The van der Waals surface area contributed by atoms with Gasteiger partial charge in [0.25, 0.3) is 5.91 Å². The Hall–Kier alpha value is -3.69. The number of allylic oxidation sites excluding steroid dienone is 1. The zero-order chi connectivity index (χ0) is 23.1. The van der Waals surface area contributed by atoms with Crippen LogP contribution in [0.2, 0.25) is 5.02 Å². The van der Waals surface area contributed by atoms with Crippen LogP contribution in [-0.4, -0.2) is 30.1 Å². The minimum Gasteiger partial charge on any atom is -0.490 e. The van der Waals surface area contributed by atoms with Crippen molar-refractivity contribution < 1.29 is 19.1 Å². The number of terminal acetylenes is 1. The van der Waals surface area contributed by atoms with Crippen molar-refractivity contribution in [1.29, 1.82) is 0 Å². The number of benzene rings is 2. The quantitative estimate of drug-likeness (QED) is 0.263. The van der Waals surface area contributed by atoms with Crippen LogP contribution in [0.5, 0.6) is 11.5 Å². The van der Waals surface area contributed by atoms with Crippen LogP contribution in [0, 0.1) is 12.3 Å². The molecule has 0 aromatic heterocycles. The average Bonchev–Trinajstić information content (AvgIpc) is 3.02. The number of urea groups is 1. The molecule has 1 saturated heterocycles. The third kappa shape index (κ3) is 5.32. The van der Waals surface area contributed by atoms with Crippen LogP contribution in [0.25, 0.3) is 6.08 Å². The van der Waals surface area contributed by atoms with Gasteiger partial charge in [-0.25, -0.2) is 4.79 Å². The Morgan fingerprint density at radius 3 is 2.62 bits per heavy atom. The van der Waals surface area contributed by atoms with Gasteiger partial charge in [0.2, 0.25) is 0 Å². The molecule has 0 saturated carbocycles. The highest BCUT2D eigenvalue weighted by atomic mass is 35.5. The minimum absolute atomic E-state index is 0.0961. The number of ether oxygens (including phenoxy) is 2. The highest BCUT2D eigenvalue weighted by molar-refractivity contribution is 6.30. The van der Waals surface area contributed by atoms with Gasteiger partial charge in [0.05, 0.1) is 13.2 Å². The number of hydrogen-bond donors (Lipinski definition) is 1. The summed E-state index contributed by atoms with van der Waals surface area (Å²) in [6.07, 6.45) is 9.20. The topological polar surface area (TPSA) is 67.9 Å². The minimum atomic E-state index is -0.485. The molecule has 3 amide bonds. The number of nitrogens with zero attached hydrogens (tertiary/aromatic N) is 1. The summed E-state index contributed by atoms with van der Waals surface area (Å²) in [6.45, 7) is 6.30. The second-order valence-corrected chi connectivity index (χ2v) is 7.37. The lowest BCUT2D eigenvalue weighted by Crippen LogP contribution is -2.30. The van der Waals surface area contributed by atoms with E-state index in [1.807, 2.05) is 13.0 Å². The molecule has 1 fully saturated rings. The summed E-state index contributed by atoms with van der Waals surface area (Å²) in [7, 11) is 0. The largest absolute Gasteiger partial charge is 0.490 e. The predicted octanol–water partition coefficient (Wildman–Crippen LogP) is 4.57. The van der Waals surface area contributed by atoms with E-state index in [0.29, 0.717) is 35.1 Å². The predicted molar refractivity (Wildman–Crippen MR) is 124 cm³/mol. The van der Waals surface area contributed by atoms with Crippen molar-refractivity contribution >= 4 is 29.6 Å². The van der Waals surface area contributed by atoms with Crippen molar-refractivity contribution in [2.24, 2.45) is 0 Å². The normalized spacial score (nSPS) is 14.3. The SMILES string of the molecule is C#CCOc1c(CC=C)cc(/C=C2\NC(=O)N(Cc3ccc(Cl)cc3)C2=O)cc1OCC. The van der Waals surface area contributed by atoms with E-state index in [0.717, 1.165) is 16.0 Å². The fraction of sp³-hybridized carbons (Fsp3) is 0.200. The number of rotatable bonds is 9. The van der Waals surface area contributed by atoms with Gasteiger partial charge in [0.15, 0.2) is 11.5 Å². The van der Waals surface area contributed by atoms with Gasteiger partial charge in [-0.05, 0) is 54.8 Å². The Balaban J connectivity index is 1.91. The van der Waals surface area contributed by atoms with Crippen LogP contribution in [0.15, 0.2) is 54.8 Å². The number of hydrogen-bond acceptors (Lipinski definition) is 4. The first-order chi connectivity index (χ1) is 15.5. The number of carbonyl (C=O) groups is 2. The van der Waals surface area contributed by atoms with Crippen LogP contribution < -0.4 is 14.8 Å². The standard InChI is InChI=1S/C25H23ClN2O4/c1-4-7-19-13-18(15-22(31-6-3)23(19)32-12-5-2)14-21-24(29)28(25(30)27-21)16-17-8-10-20(26)11-9-17/h2,4,8-11,13-15H,1,6-7,12,16H2,3H3,(H,27,30)/b21-14-. The summed E-state index contributed by atoms with van der Waals surface area (Å²) < 4.78 is 11.4. The molecular weight excluding hydrogens is 428 g/mol. The molecule has 3 rings (SSSR count). The molecule has 32 heavy (non-hydrogen) atoms. The maximum atomic E-state index is 12.9. The third-order valence-electron chi connectivity index (χ3n) is 4.65. The Bertz CT molecular complexity index is 1100. The van der Waals surface area contributed by atoms with Crippen molar-refractivity contribution in [3.8, 4) is 23.8 Å². The van der Waals surface area contributed by atoms with E-state index >= 15 is 0 Å². The van der Waals surface area contributed by atoms with Gasteiger partial charge in [0.1, 0.15) is 12.3 Å². The van der Waals surface area contributed by atoms with E-state index in [4.69, 9.17) is 27.5 Å². The molecule has 2 aromatic rings. The van der Waals surface area contributed by atoms with Gasteiger partial charge in [0, 0.05) is 10.6 Å². The second-order valence-electron chi connectivity index (χ2n) is 6.93. The van der Waals surface area contributed by atoms with E-state index in [1.54, 1.807) is 42.5 Å². The van der Waals surface area contributed by atoms with Gasteiger partial charge in [-0.2, -0.15) is 0 Å². The number of amides is 3. The molecule has 0 bridgehead atoms. The van der Waals surface area contributed by atoms with Crippen LogP contribution >= 0.6 is 11.6 Å². The zero-order valence-electron chi connectivity index (χ0n) is 17.7. The van der Waals surface area contributed by atoms with E-state index in [9.17, 15) is 9.59 Å². The van der Waals surface area contributed by atoms with E-state index < -0.39 is 11.9 Å². The highest BCUT2D eigenvalue weighted by Gasteiger charge is 2.33. The Morgan fingerprint density at radius 1 is 1.22 bits per heavy atom. The van der Waals surface area contributed by atoms with E-state index in [2.05, 4.69) is 17.8 Å². The van der Waals surface area contributed by atoms with E-state index in [1.165, 1.54) is 0 Å². The summed E-state index contributed by atoms with van der Waals surface area (Å²) >= 11 is 5.90. The lowest BCUT2D eigenvalue weighted by molar-refractivity contribution is -0.123. The lowest BCUT2D eigenvalue weighted by atomic mass is 10.0. The van der Waals surface area contributed by atoms with Crippen molar-refractivity contribution in [1.82, 2.24) is 10.2 Å². The summed E-state index contributed by atoms with van der Waals surface area (Å²) in [5.74, 6) is 3.07. The van der Waals surface area contributed by atoms with Gasteiger partial charge in [-0.1, -0.05) is 35.7 Å². The number of carbonyl (C=O) groups excluding carboxylic acids is 2. The fourth-order valence-corrected chi connectivity index (χ4v) is 3.39. The molecule has 1 N–H and O–H groups in total. The number of halogens is 1. The number of nitrogens with one attached hydrogen (secondary N) is 1. The first kappa shape index (κ1) is 23.0. The van der Waals surface area contributed by atoms with Crippen molar-refractivity contribution in [2.45, 2.75) is 19.9 Å². The van der Waals surface area contributed by atoms with Gasteiger partial charge in [-0.15, -0.1) is 13.0 Å². The molecule has 7 heteroatoms. The summed E-state index contributed by atoms with van der Waals surface area (Å²) in [5, 5.41) is 3.22. The molecular formula is C25H23ClN2O4. The first-order valence-electron chi connectivity index (χ1n) is 10.0.